The lowest BCUT2D eigenvalue weighted by molar-refractivity contribution is 0.628. The van der Waals surface area contributed by atoms with E-state index >= 15 is 0 Å². The molecule has 0 aliphatic carbocycles. The van der Waals surface area contributed by atoms with E-state index in [9.17, 15) is 9.65 Å². The van der Waals surface area contributed by atoms with Gasteiger partial charge in [0.15, 0.2) is 0 Å². The number of para-hydroxylation sites is 1. The highest BCUT2D eigenvalue weighted by Crippen LogP contribution is 2.36. The molecule has 1 N–H and O–H groups in total. The highest BCUT2D eigenvalue weighted by atomic mass is 19.1. The molecule has 0 bridgehead atoms. The highest BCUT2D eigenvalue weighted by Gasteiger charge is 2.19. The van der Waals surface area contributed by atoms with Gasteiger partial charge in [-0.2, -0.15) is 5.26 Å². The zero-order valence-corrected chi connectivity index (χ0v) is 15.8. The second-order valence-corrected chi connectivity index (χ2v) is 6.86. The summed E-state index contributed by atoms with van der Waals surface area (Å²) in [5, 5.41) is 11.0. The van der Waals surface area contributed by atoms with Crippen molar-refractivity contribution in [2.75, 3.05) is 0 Å². The van der Waals surface area contributed by atoms with Crippen LogP contribution >= 0.6 is 0 Å². The standard InChI is InChI=1S/C25H15FN4/c26-17-10-8-16(9-11-17)19-13-24(23-7-3-4-12-28-23)30-25(20(19)14-27)21-15-29-22-6-2-1-5-18(21)22/h1-13,15,29H. The van der Waals surface area contributed by atoms with Crippen molar-refractivity contribution in [3.05, 3.63) is 96.6 Å². The Kier molecular flexibility index (Phi) is 4.30. The summed E-state index contributed by atoms with van der Waals surface area (Å²) in [6.45, 7) is 0. The van der Waals surface area contributed by atoms with Crippen molar-refractivity contribution in [3.63, 3.8) is 0 Å². The third-order valence-electron chi connectivity index (χ3n) is 5.06. The molecule has 0 spiro atoms. The molecule has 30 heavy (non-hydrogen) atoms. The van der Waals surface area contributed by atoms with E-state index in [0.717, 1.165) is 22.0 Å². The van der Waals surface area contributed by atoms with Gasteiger partial charge < -0.3 is 4.98 Å². The van der Waals surface area contributed by atoms with Crippen LogP contribution in [0.25, 0.3) is 44.7 Å². The first-order valence-electron chi connectivity index (χ1n) is 9.43. The lowest BCUT2D eigenvalue weighted by atomic mass is 9.95. The third-order valence-corrected chi connectivity index (χ3v) is 5.06. The van der Waals surface area contributed by atoms with Gasteiger partial charge in [0.25, 0.3) is 0 Å². The van der Waals surface area contributed by atoms with Gasteiger partial charge in [-0.3, -0.25) is 4.98 Å². The van der Waals surface area contributed by atoms with Crippen molar-refractivity contribution in [3.8, 4) is 39.8 Å². The average Bonchev–Trinajstić information content (AvgIpc) is 3.23. The predicted molar refractivity (Wildman–Crippen MR) is 115 cm³/mol. The van der Waals surface area contributed by atoms with Crippen molar-refractivity contribution in [2.24, 2.45) is 0 Å². The Bertz CT molecular complexity index is 1400. The summed E-state index contributed by atoms with van der Waals surface area (Å²) in [5.41, 5.74) is 5.58. The predicted octanol–water partition coefficient (Wildman–Crippen LogP) is 5.97. The van der Waals surface area contributed by atoms with Crippen LogP contribution in [0.1, 0.15) is 5.56 Å². The zero-order chi connectivity index (χ0) is 20.5. The molecule has 5 heteroatoms. The molecule has 0 radical (unpaired) electrons. The van der Waals surface area contributed by atoms with Crippen LogP contribution < -0.4 is 0 Å². The van der Waals surface area contributed by atoms with Crippen LogP contribution in [-0.4, -0.2) is 15.0 Å². The van der Waals surface area contributed by atoms with Crippen LogP contribution in [0.4, 0.5) is 4.39 Å². The number of benzene rings is 2. The number of halogens is 1. The molecule has 5 rings (SSSR count). The molecule has 0 unspecified atom stereocenters. The molecule has 0 fully saturated rings. The molecular weight excluding hydrogens is 375 g/mol. The van der Waals surface area contributed by atoms with Crippen molar-refractivity contribution in [2.45, 2.75) is 0 Å². The number of nitrogens with zero attached hydrogens (tertiary/aromatic N) is 3. The summed E-state index contributed by atoms with van der Waals surface area (Å²) in [7, 11) is 0. The minimum absolute atomic E-state index is 0.326. The van der Waals surface area contributed by atoms with E-state index < -0.39 is 0 Å². The van der Waals surface area contributed by atoms with Gasteiger partial charge in [0.1, 0.15) is 11.9 Å². The molecule has 0 amide bonds. The molecule has 4 nitrogen and oxygen atoms in total. The number of rotatable bonds is 3. The normalized spacial score (nSPS) is 10.8. The monoisotopic (exact) mass is 390 g/mol. The van der Waals surface area contributed by atoms with Gasteiger partial charge in [0.05, 0.1) is 22.6 Å². The topological polar surface area (TPSA) is 65.4 Å². The highest BCUT2D eigenvalue weighted by molar-refractivity contribution is 5.97. The number of hydrogen-bond donors (Lipinski definition) is 1. The Morgan fingerprint density at radius 1 is 0.867 bits per heavy atom. The summed E-state index contributed by atoms with van der Waals surface area (Å²) in [5.74, 6) is -0.326. The Labute approximate surface area is 172 Å². The first-order valence-corrected chi connectivity index (χ1v) is 9.43. The smallest absolute Gasteiger partial charge is 0.123 e. The molecule has 5 aromatic rings. The quantitative estimate of drug-likeness (QED) is 0.413. The summed E-state index contributed by atoms with van der Waals surface area (Å²) < 4.78 is 13.5. The second-order valence-electron chi connectivity index (χ2n) is 6.86. The number of pyridine rings is 2. The van der Waals surface area contributed by atoms with Crippen molar-refractivity contribution in [1.82, 2.24) is 15.0 Å². The lowest BCUT2D eigenvalue weighted by Gasteiger charge is -2.12. The van der Waals surface area contributed by atoms with Crippen LogP contribution in [0.2, 0.25) is 0 Å². The van der Waals surface area contributed by atoms with E-state index in [1.165, 1.54) is 12.1 Å². The van der Waals surface area contributed by atoms with Crippen molar-refractivity contribution in [1.29, 1.82) is 5.26 Å². The fourth-order valence-corrected chi connectivity index (χ4v) is 3.62. The van der Waals surface area contributed by atoms with E-state index in [4.69, 9.17) is 4.98 Å². The summed E-state index contributed by atoms with van der Waals surface area (Å²) in [6.07, 6.45) is 3.57. The van der Waals surface area contributed by atoms with Gasteiger partial charge in [-0.15, -0.1) is 0 Å². The molecular formula is C25H15FN4. The second kappa shape index (κ2) is 7.26. The molecule has 0 saturated carbocycles. The minimum Gasteiger partial charge on any atom is -0.360 e. The van der Waals surface area contributed by atoms with Gasteiger partial charge in [-0.1, -0.05) is 36.4 Å². The number of nitrogens with one attached hydrogen (secondary N) is 1. The fraction of sp³-hybridized carbons (Fsp3) is 0. The van der Waals surface area contributed by atoms with Crippen LogP contribution in [-0.2, 0) is 0 Å². The average molecular weight is 390 g/mol. The Hall–Kier alpha value is -4.30. The molecule has 3 heterocycles. The molecule has 142 valence electrons. The van der Waals surface area contributed by atoms with Gasteiger partial charge in [-0.05, 0) is 42.0 Å². The molecule has 3 aromatic heterocycles. The molecule has 0 aliphatic heterocycles. The maximum atomic E-state index is 13.5. The first-order chi connectivity index (χ1) is 14.7. The summed E-state index contributed by atoms with van der Waals surface area (Å²) in [4.78, 5) is 12.5. The SMILES string of the molecule is N#Cc1c(-c2ccc(F)cc2)cc(-c2ccccn2)nc1-c1c[nH]c2ccccc12. The number of fused-ring (bicyclic) bond motifs is 1. The third kappa shape index (κ3) is 3.01. The van der Waals surface area contributed by atoms with E-state index in [2.05, 4.69) is 16.0 Å². The van der Waals surface area contributed by atoms with Crippen LogP contribution in [0, 0.1) is 17.1 Å². The van der Waals surface area contributed by atoms with E-state index in [1.807, 2.05) is 54.7 Å². The summed E-state index contributed by atoms with van der Waals surface area (Å²) >= 11 is 0. The molecule has 0 aliphatic rings. The maximum absolute atomic E-state index is 13.5. The molecule has 2 aromatic carbocycles. The zero-order valence-electron chi connectivity index (χ0n) is 15.8. The summed E-state index contributed by atoms with van der Waals surface area (Å²) in [6, 6.07) is 23.8. The van der Waals surface area contributed by atoms with Gasteiger partial charge >= 0.3 is 0 Å². The number of aromatic amines is 1. The van der Waals surface area contributed by atoms with Crippen LogP contribution in [0.3, 0.4) is 0 Å². The van der Waals surface area contributed by atoms with E-state index in [0.29, 0.717) is 28.2 Å². The van der Waals surface area contributed by atoms with Crippen LogP contribution in [0.5, 0.6) is 0 Å². The van der Waals surface area contributed by atoms with Gasteiger partial charge in [0.2, 0.25) is 0 Å². The Morgan fingerprint density at radius 2 is 1.67 bits per heavy atom. The van der Waals surface area contributed by atoms with E-state index in [1.54, 1.807) is 18.3 Å². The van der Waals surface area contributed by atoms with Gasteiger partial charge in [0, 0.05) is 34.4 Å². The van der Waals surface area contributed by atoms with Crippen molar-refractivity contribution >= 4 is 10.9 Å². The number of nitriles is 1. The minimum atomic E-state index is -0.326. The maximum Gasteiger partial charge on any atom is 0.123 e. The Morgan fingerprint density at radius 3 is 2.43 bits per heavy atom. The number of aromatic nitrogens is 3. The number of H-pyrrole nitrogens is 1. The first kappa shape index (κ1) is 17.8. The van der Waals surface area contributed by atoms with Gasteiger partial charge in [-0.25, -0.2) is 9.37 Å². The van der Waals surface area contributed by atoms with E-state index in [-0.39, 0.29) is 5.82 Å². The molecule has 0 saturated heterocycles. The van der Waals surface area contributed by atoms with Crippen molar-refractivity contribution < 1.29 is 4.39 Å². The fourth-order valence-electron chi connectivity index (χ4n) is 3.62. The molecule has 0 atom stereocenters. The number of hydrogen-bond acceptors (Lipinski definition) is 3. The lowest BCUT2D eigenvalue weighted by Crippen LogP contribution is -1.97. The largest absolute Gasteiger partial charge is 0.360 e. The Balaban J connectivity index is 1.84. The van der Waals surface area contributed by atoms with Crippen LogP contribution in [0.15, 0.2) is 85.2 Å².